The van der Waals surface area contributed by atoms with E-state index in [4.69, 9.17) is 5.11 Å². The molecule has 0 aromatic rings. The molecule has 0 unspecified atom stereocenters. The highest BCUT2D eigenvalue weighted by molar-refractivity contribution is 5.82. The Morgan fingerprint density at radius 1 is 1.40 bits per heavy atom. The lowest BCUT2D eigenvalue weighted by Crippen LogP contribution is -2.47. The number of hydrogen-bond acceptors (Lipinski definition) is 2. The fraction of sp³-hybridized carbons (Fsp3) is 0.800. The molecule has 0 spiro atoms. The van der Waals surface area contributed by atoms with E-state index in [9.17, 15) is 9.59 Å². The summed E-state index contributed by atoms with van der Waals surface area (Å²) < 4.78 is 0. The number of carboxylic acid groups (broad SMARTS) is 1. The molecule has 1 atom stereocenters. The number of nitrogens with one attached hydrogen (secondary N) is 2. The van der Waals surface area contributed by atoms with Gasteiger partial charge in [0.25, 0.3) is 0 Å². The van der Waals surface area contributed by atoms with Crippen LogP contribution in [0.1, 0.15) is 33.1 Å². The number of carboxylic acids is 1. The lowest BCUT2D eigenvalue weighted by Gasteiger charge is -2.16. The Morgan fingerprint density at radius 3 is 2.40 bits per heavy atom. The van der Waals surface area contributed by atoms with E-state index in [1.165, 1.54) is 0 Å². The largest absolute Gasteiger partial charge is 0.480 e. The zero-order chi connectivity index (χ0) is 11.4. The Kier molecular flexibility index (Phi) is 3.94. The number of carbonyl (C=O) groups is 2. The highest BCUT2D eigenvalue weighted by atomic mass is 16.4. The molecular weight excluding hydrogens is 196 g/mol. The van der Waals surface area contributed by atoms with Crippen LogP contribution in [0.25, 0.3) is 0 Å². The van der Waals surface area contributed by atoms with Crippen molar-refractivity contribution in [1.82, 2.24) is 10.6 Å². The quantitative estimate of drug-likeness (QED) is 0.637. The molecule has 0 bridgehead atoms. The summed E-state index contributed by atoms with van der Waals surface area (Å²) in [6.45, 7) is 3.85. The van der Waals surface area contributed by atoms with E-state index in [1.54, 1.807) is 0 Å². The summed E-state index contributed by atoms with van der Waals surface area (Å²) in [6, 6.07) is -0.909. The molecule has 1 aliphatic rings. The maximum absolute atomic E-state index is 11.3. The zero-order valence-electron chi connectivity index (χ0n) is 9.12. The predicted molar refractivity (Wildman–Crippen MR) is 55.6 cm³/mol. The van der Waals surface area contributed by atoms with Crippen molar-refractivity contribution in [3.8, 4) is 0 Å². The van der Waals surface area contributed by atoms with Gasteiger partial charge in [0.05, 0.1) is 0 Å². The van der Waals surface area contributed by atoms with Crippen molar-refractivity contribution in [3.05, 3.63) is 0 Å². The first-order valence-electron chi connectivity index (χ1n) is 5.29. The second-order valence-electron chi connectivity index (χ2n) is 4.41. The highest BCUT2D eigenvalue weighted by Crippen LogP contribution is 2.18. The molecule has 1 saturated carbocycles. The minimum atomic E-state index is -0.977. The molecule has 0 radical (unpaired) electrons. The molecule has 0 saturated heterocycles. The zero-order valence-corrected chi connectivity index (χ0v) is 9.12. The van der Waals surface area contributed by atoms with Crippen molar-refractivity contribution in [2.75, 3.05) is 0 Å². The van der Waals surface area contributed by atoms with E-state index >= 15 is 0 Å². The molecule has 1 aliphatic carbocycles. The van der Waals surface area contributed by atoms with Gasteiger partial charge in [-0.2, -0.15) is 0 Å². The maximum Gasteiger partial charge on any atom is 0.326 e. The Labute approximate surface area is 89.2 Å². The average Bonchev–Trinajstić information content (AvgIpc) is 2.85. The number of urea groups is 1. The molecule has 5 nitrogen and oxygen atoms in total. The molecule has 86 valence electrons. The molecule has 0 aromatic heterocycles. The Bertz CT molecular complexity index is 249. The monoisotopic (exact) mass is 214 g/mol. The van der Waals surface area contributed by atoms with Crippen LogP contribution in [0.4, 0.5) is 4.79 Å². The molecule has 2 amide bonds. The average molecular weight is 214 g/mol. The normalized spacial score (nSPS) is 17.3. The SMILES string of the molecule is CC(C)C[C@@H](NC(=O)NC1CC1)C(=O)O. The van der Waals surface area contributed by atoms with Gasteiger partial charge in [-0.15, -0.1) is 0 Å². The molecule has 0 aromatic carbocycles. The van der Waals surface area contributed by atoms with Gasteiger partial charge in [-0.25, -0.2) is 9.59 Å². The number of aliphatic carboxylic acids is 1. The summed E-state index contributed by atoms with van der Waals surface area (Å²) in [5.41, 5.74) is 0. The van der Waals surface area contributed by atoms with Gasteiger partial charge in [-0.3, -0.25) is 0 Å². The summed E-state index contributed by atoms with van der Waals surface area (Å²) in [5, 5.41) is 14.0. The third-order valence-electron chi connectivity index (χ3n) is 2.22. The van der Waals surface area contributed by atoms with E-state index < -0.39 is 12.0 Å². The van der Waals surface area contributed by atoms with Crippen LogP contribution in [-0.4, -0.2) is 29.2 Å². The Morgan fingerprint density at radius 2 is 2.00 bits per heavy atom. The van der Waals surface area contributed by atoms with Crippen LogP contribution in [0.3, 0.4) is 0 Å². The fourth-order valence-corrected chi connectivity index (χ4v) is 1.31. The van der Waals surface area contributed by atoms with Crippen LogP contribution in [-0.2, 0) is 4.79 Å². The van der Waals surface area contributed by atoms with Crippen molar-refractivity contribution < 1.29 is 14.7 Å². The van der Waals surface area contributed by atoms with E-state index in [2.05, 4.69) is 10.6 Å². The molecular formula is C10H18N2O3. The smallest absolute Gasteiger partial charge is 0.326 e. The third kappa shape index (κ3) is 4.67. The van der Waals surface area contributed by atoms with Crippen LogP contribution in [0, 0.1) is 5.92 Å². The van der Waals surface area contributed by atoms with Gasteiger partial charge in [0.1, 0.15) is 6.04 Å². The molecule has 1 fully saturated rings. The molecule has 5 heteroatoms. The van der Waals surface area contributed by atoms with Crippen LogP contribution < -0.4 is 10.6 Å². The Balaban J connectivity index is 2.34. The number of rotatable bonds is 5. The molecule has 0 heterocycles. The van der Waals surface area contributed by atoms with E-state index in [-0.39, 0.29) is 18.0 Å². The van der Waals surface area contributed by atoms with Crippen molar-refractivity contribution >= 4 is 12.0 Å². The van der Waals surface area contributed by atoms with Crippen molar-refractivity contribution in [2.24, 2.45) is 5.92 Å². The van der Waals surface area contributed by atoms with Gasteiger partial charge in [0.15, 0.2) is 0 Å². The molecule has 15 heavy (non-hydrogen) atoms. The summed E-state index contributed by atoms with van der Waals surface area (Å²) in [5.74, 6) is -0.734. The Hall–Kier alpha value is -1.26. The van der Waals surface area contributed by atoms with Gasteiger partial charge in [0.2, 0.25) is 0 Å². The predicted octanol–water partition coefficient (Wildman–Crippen LogP) is 0.947. The number of hydrogen-bond donors (Lipinski definition) is 3. The summed E-state index contributed by atoms with van der Waals surface area (Å²) in [6.07, 6.45) is 2.44. The van der Waals surface area contributed by atoms with Crippen LogP contribution in [0.15, 0.2) is 0 Å². The number of carbonyl (C=O) groups excluding carboxylic acids is 1. The van der Waals surface area contributed by atoms with E-state index in [0.29, 0.717) is 6.42 Å². The molecule has 1 rings (SSSR count). The van der Waals surface area contributed by atoms with Crippen molar-refractivity contribution in [1.29, 1.82) is 0 Å². The summed E-state index contributed by atoms with van der Waals surface area (Å²) in [7, 11) is 0. The first-order chi connectivity index (χ1) is 6.99. The van der Waals surface area contributed by atoms with Crippen LogP contribution >= 0.6 is 0 Å². The van der Waals surface area contributed by atoms with E-state index in [1.807, 2.05) is 13.8 Å². The molecule has 3 N–H and O–H groups in total. The lowest BCUT2D eigenvalue weighted by molar-refractivity contribution is -0.139. The first kappa shape index (κ1) is 11.8. The minimum Gasteiger partial charge on any atom is -0.480 e. The maximum atomic E-state index is 11.3. The topological polar surface area (TPSA) is 78.4 Å². The second-order valence-corrected chi connectivity index (χ2v) is 4.41. The molecule has 0 aliphatic heterocycles. The lowest BCUT2D eigenvalue weighted by atomic mass is 10.0. The van der Waals surface area contributed by atoms with Crippen molar-refractivity contribution in [2.45, 2.75) is 45.2 Å². The minimum absolute atomic E-state index is 0.243. The number of amides is 2. The van der Waals surface area contributed by atoms with Gasteiger partial charge in [-0.1, -0.05) is 13.8 Å². The van der Waals surface area contributed by atoms with E-state index in [0.717, 1.165) is 12.8 Å². The van der Waals surface area contributed by atoms with Gasteiger partial charge >= 0.3 is 12.0 Å². The second kappa shape index (κ2) is 5.00. The standard InChI is InChI=1S/C10H18N2O3/c1-6(2)5-8(9(13)14)12-10(15)11-7-3-4-7/h6-8H,3-5H2,1-2H3,(H,13,14)(H2,11,12,15)/t8-/m1/s1. The first-order valence-corrected chi connectivity index (χ1v) is 5.29. The van der Waals surface area contributed by atoms with Gasteiger partial charge in [-0.05, 0) is 25.2 Å². The highest BCUT2D eigenvalue weighted by Gasteiger charge is 2.26. The summed E-state index contributed by atoms with van der Waals surface area (Å²) >= 11 is 0. The van der Waals surface area contributed by atoms with Crippen LogP contribution in [0.5, 0.6) is 0 Å². The third-order valence-corrected chi connectivity index (χ3v) is 2.22. The fourth-order valence-electron chi connectivity index (χ4n) is 1.31. The van der Waals surface area contributed by atoms with Gasteiger partial charge < -0.3 is 15.7 Å². The van der Waals surface area contributed by atoms with Crippen molar-refractivity contribution in [3.63, 3.8) is 0 Å². The summed E-state index contributed by atoms with van der Waals surface area (Å²) in [4.78, 5) is 22.1. The van der Waals surface area contributed by atoms with Gasteiger partial charge in [0, 0.05) is 6.04 Å². The van der Waals surface area contributed by atoms with Crippen LogP contribution in [0.2, 0.25) is 0 Å².